The van der Waals surface area contributed by atoms with Gasteiger partial charge in [0.1, 0.15) is 0 Å². The third-order valence-electron chi connectivity index (χ3n) is 3.83. The molecule has 0 aliphatic carbocycles. The molecule has 1 saturated heterocycles. The van der Waals surface area contributed by atoms with E-state index in [0.29, 0.717) is 12.3 Å². The molecule has 1 unspecified atom stereocenters. The van der Waals surface area contributed by atoms with Crippen molar-refractivity contribution in [3.8, 4) is 0 Å². The molecule has 1 aliphatic heterocycles. The van der Waals surface area contributed by atoms with Crippen molar-refractivity contribution < 1.29 is 4.79 Å². The van der Waals surface area contributed by atoms with Crippen LogP contribution in [0.4, 0.5) is 0 Å². The van der Waals surface area contributed by atoms with Gasteiger partial charge in [0.25, 0.3) is 0 Å². The van der Waals surface area contributed by atoms with Crippen LogP contribution in [0.2, 0.25) is 0 Å². The molecule has 1 amide bonds. The van der Waals surface area contributed by atoms with E-state index in [2.05, 4.69) is 34.7 Å². The lowest BCUT2D eigenvalue weighted by Gasteiger charge is -2.34. The van der Waals surface area contributed by atoms with E-state index in [-0.39, 0.29) is 5.91 Å². The summed E-state index contributed by atoms with van der Waals surface area (Å²) in [6, 6.07) is 0. The van der Waals surface area contributed by atoms with E-state index in [1.54, 1.807) is 0 Å². The number of carbonyl (C=O) groups is 1. The van der Waals surface area contributed by atoms with E-state index >= 15 is 0 Å². The molecule has 100 valence electrons. The second-order valence-corrected chi connectivity index (χ2v) is 6.22. The van der Waals surface area contributed by atoms with E-state index in [1.807, 2.05) is 0 Å². The minimum absolute atomic E-state index is 0.149. The van der Waals surface area contributed by atoms with Crippen LogP contribution in [0.3, 0.4) is 0 Å². The highest BCUT2D eigenvalue weighted by Crippen LogP contribution is 2.23. The zero-order valence-corrected chi connectivity index (χ0v) is 12.6. The average Bonchev–Trinajstić information content (AvgIpc) is 2.26. The first-order valence-electron chi connectivity index (χ1n) is 6.59. The molecule has 0 aromatic heterocycles. The SMILES string of the molecule is CC(C)C(CBr)CN1CCC(CC(N)=O)CC1. The molecular weight excluding hydrogens is 280 g/mol. The maximum atomic E-state index is 10.9. The minimum Gasteiger partial charge on any atom is -0.370 e. The molecule has 0 aromatic rings. The number of nitrogens with two attached hydrogens (primary N) is 1. The van der Waals surface area contributed by atoms with Gasteiger partial charge in [-0.3, -0.25) is 4.79 Å². The van der Waals surface area contributed by atoms with Gasteiger partial charge in [-0.25, -0.2) is 0 Å². The monoisotopic (exact) mass is 304 g/mol. The number of halogens is 1. The zero-order chi connectivity index (χ0) is 12.8. The van der Waals surface area contributed by atoms with Gasteiger partial charge in [0.05, 0.1) is 0 Å². The summed E-state index contributed by atoms with van der Waals surface area (Å²) >= 11 is 3.60. The van der Waals surface area contributed by atoms with Crippen LogP contribution in [0.25, 0.3) is 0 Å². The van der Waals surface area contributed by atoms with E-state index < -0.39 is 0 Å². The molecule has 0 saturated carbocycles. The van der Waals surface area contributed by atoms with Crippen LogP contribution in [-0.2, 0) is 4.79 Å². The Kier molecular flexibility index (Phi) is 6.49. The molecular formula is C13H25BrN2O. The maximum Gasteiger partial charge on any atom is 0.217 e. The van der Waals surface area contributed by atoms with Crippen LogP contribution in [0.1, 0.15) is 33.1 Å². The molecule has 3 nitrogen and oxygen atoms in total. The fraction of sp³-hybridized carbons (Fsp3) is 0.923. The normalized spacial score (nSPS) is 20.7. The number of alkyl halides is 1. The molecule has 1 fully saturated rings. The number of piperidine rings is 1. The standard InChI is InChI=1S/C13H25BrN2O/c1-10(2)12(8-14)9-16-5-3-11(4-6-16)7-13(15)17/h10-12H,3-9H2,1-2H3,(H2,15,17). The van der Waals surface area contributed by atoms with Crippen LogP contribution in [0.15, 0.2) is 0 Å². The molecule has 0 aromatic carbocycles. The summed E-state index contributed by atoms with van der Waals surface area (Å²) in [7, 11) is 0. The lowest BCUT2D eigenvalue weighted by Crippen LogP contribution is -2.39. The molecule has 17 heavy (non-hydrogen) atoms. The summed E-state index contributed by atoms with van der Waals surface area (Å²) in [4.78, 5) is 13.4. The van der Waals surface area contributed by atoms with Gasteiger partial charge in [-0.05, 0) is 43.7 Å². The number of hydrogen-bond donors (Lipinski definition) is 1. The number of hydrogen-bond acceptors (Lipinski definition) is 2. The van der Waals surface area contributed by atoms with Crippen LogP contribution >= 0.6 is 15.9 Å². The largest absolute Gasteiger partial charge is 0.370 e. The van der Waals surface area contributed by atoms with Crippen molar-refractivity contribution in [3.63, 3.8) is 0 Å². The molecule has 0 radical (unpaired) electrons. The fourth-order valence-corrected chi connectivity index (χ4v) is 3.38. The van der Waals surface area contributed by atoms with E-state index in [0.717, 1.165) is 43.1 Å². The summed E-state index contributed by atoms with van der Waals surface area (Å²) in [5.74, 6) is 1.81. The van der Waals surface area contributed by atoms with E-state index in [9.17, 15) is 4.79 Å². The van der Waals surface area contributed by atoms with Gasteiger partial charge < -0.3 is 10.6 Å². The highest BCUT2D eigenvalue weighted by Gasteiger charge is 2.23. The van der Waals surface area contributed by atoms with Gasteiger partial charge in [-0.1, -0.05) is 29.8 Å². The second kappa shape index (κ2) is 7.37. The third kappa shape index (κ3) is 5.38. The second-order valence-electron chi connectivity index (χ2n) is 5.57. The predicted octanol–water partition coefficient (Wildman–Crippen LogP) is 2.24. The molecule has 0 bridgehead atoms. The molecule has 1 rings (SSSR count). The van der Waals surface area contributed by atoms with Crippen LogP contribution in [0, 0.1) is 17.8 Å². The highest BCUT2D eigenvalue weighted by atomic mass is 79.9. The first-order chi connectivity index (χ1) is 8.02. The maximum absolute atomic E-state index is 10.9. The smallest absolute Gasteiger partial charge is 0.217 e. The molecule has 1 aliphatic rings. The fourth-order valence-electron chi connectivity index (χ4n) is 2.43. The number of nitrogens with zero attached hydrogens (tertiary/aromatic N) is 1. The van der Waals surface area contributed by atoms with Gasteiger partial charge in [-0.2, -0.15) is 0 Å². The van der Waals surface area contributed by atoms with Crippen molar-refractivity contribution in [2.75, 3.05) is 25.0 Å². The van der Waals surface area contributed by atoms with Gasteiger partial charge in [0.2, 0.25) is 5.91 Å². The Morgan fingerprint density at radius 2 is 2.00 bits per heavy atom. The Hall–Kier alpha value is -0.0900. The Bertz CT molecular complexity index is 238. The van der Waals surface area contributed by atoms with Gasteiger partial charge in [-0.15, -0.1) is 0 Å². The molecule has 4 heteroatoms. The summed E-state index contributed by atoms with van der Waals surface area (Å²) in [6.07, 6.45) is 2.81. The summed E-state index contributed by atoms with van der Waals surface area (Å²) in [5, 5.41) is 1.08. The number of likely N-dealkylation sites (tertiary alicyclic amines) is 1. The first-order valence-corrected chi connectivity index (χ1v) is 7.71. The average molecular weight is 305 g/mol. The van der Waals surface area contributed by atoms with E-state index in [4.69, 9.17) is 5.73 Å². The Morgan fingerprint density at radius 3 is 2.41 bits per heavy atom. The van der Waals surface area contributed by atoms with Crippen molar-refractivity contribution in [3.05, 3.63) is 0 Å². The quantitative estimate of drug-likeness (QED) is 0.765. The lowest BCUT2D eigenvalue weighted by atomic mass is 9.91. The van der Waals surface area contributed by atoms with E-state index in [1.165, 1.54) is 6.54 Å². The Balaban J connectivity index is 2.29. The minimum atomic E-state index is -0.149. The lowest BCUT2D eigenvalue weighted by molar-refractivity contribution is -0.119. The highest BCUT2D eigenvalue weighted by molar-refractivity contribution is 9.09. The Labute approximate surface area is 113 Å². The molecule has 2 N–H and O–H groups in total. The van der Waals surface area contributed by atoms with Gasteiger partial charge in [0, 0.05) is 18.3 Å². The number of primary amides is 1. The van der Waals surface area contributed by atoms with Gasteiger partial charge in [0.15, 0.2) is 0 Å². The Morgan fingerprint density at radius 1 is 1.41 bits per heavy atom. The molecule has 1 atom stereocenters. The number of amides is 1. The van der Waals surface area contributed by atoms with Crippen molar-refractivity contribution in [2.24, 2.45) is 23.5 Å². The van der Waals surface area contributed by atoms with Crippen molar-refractivity contribution in [2.45, 2.75) is 33.1 Å². The van der Waals surface area contributed by atoms with Crippen LogP contribution in [0.5, 0.6) is 0 Å². The van der Waals surface area contributed by atoms with Gasteiger partial charge >= 0.3 is 0 Å². The summed E-state index contributed by atoms with van der Waals surface area (Å²) < 4.78 is 0. The number of carbonyl (C=O) groups excluding carboxylic acids is 1. The predicted molar refractivity (Wildman–Crippen MR) is 75.1 cm³/mol. The third-order valence-corrected chi connectivity index (χ3v) is 4.66. The topological polar surface area (TPSA) is 46.3 Å². The van der Waals surface area contributed by atoms with Crippen molar-refractivity contribution in [1.29, 1.82) is 0 Å². The first kappa shape index (κ1) is 15.0. The summed E-state index contributed by atoms with van der Waals surface area (Å²) in [6.45, 7) is 7.98. The number of rotatable bonds is 6. The van der Waals surface area contributed by atoms with Crippen molar-refractivity contribution >= 4 is 21.8 Å². The van der Waals surface area contributed by atoms with Crippen LogP contribution in [-0.4, -0.2) is 35.8 Å². The summed E-state index contributed by atoms with van der Waals surface area (Å²) in [5.41, 5.74) is 5.24. The van der Waals surface area contributed by atoms with Crippen LogP contribution < -0.4 is 5.73 Å². The zero-order valence-electron chi connectivity index (χ0n) is 11.0. The molecule has 1 heterocycles. The van der Waals surface area contributed by atoms with Crippen molar-refractivity contribution in [1.82, 2.24) is 4.90 Å². The molecule has 0 spiro atoms.